The average Bonchev–Trinajstić information content (AvgIpc) is 2.49. The molecular formula is C16H25N3O. The fourth-order valence-corrected chi connectivity index (χ4v) is 3.01. The second-order valence-corrected chi connectivity index (χ2v) is 5.99. The van der Waals surface area contributed by atoms with Crippen LogP contribution in [0.15, 0.2) is 35.5 Å². The Kier molecular flexibility index (Phi) is 5.01. The van der Waals surface area contributed by atoms with Crippen LogP contribution in [0.2, 0.25) is 0 Å². The molecule has 0 saturated heterocycles. The Balaban J connectivity index is 2.05. The lowest BCUT2D eigenvalue weighted by Gasteiger charge is -2.36. The monoisotopic (exact) mass is 275 g/mol. The molecule has 4 nitrogen and oxygen atoms in total. The van der Waals surface area contributed by atoms with Gasteiger partial charge in [0.25, 0.3) is 0 Å². The zero-order valence-electron chi connectivity index (χ0n) is 12.2. The predicted molar refractivity (Wildman–Crippen MR) is 82.1 cm³/mol. The van der Waals surface area contributed by atoms with Gasteiger partial charge >= 0.3 is 0 Å². The van der Waals surface area contributed by atoms with E-state index in [0.717, 1.165) is 5.56 Å². The molecule has 0 bridgehead atoms. The molecule has 0 spiro atoms. The summed E-state index contributed by atoms with van der Waals surface area (Å²) in [5, 5.41) is 15.8. The summed E-state index contributed by atoms with van der Waals surface area (Å²) < 4.78 is 0. The Bertz CT molecular complexity index is 438. The largest absolute Gasteiger partial charge is 0.409 e. The second kappa shape index (κ2) is 6.75. The van der Waals surface area contributed by atoms with Crippen LogP contribution in [0.1, 0.15) is 50.5 Å². The molecule has 1 fully saturated rings. The van der Waals surface area contributed by atoms with Crippen molar-refractivity contribution < 1.29 is 5.21 Å². The van der Waals surface area contributed by atoms with Crippen LogP contribution in [0.4, 0.5) is 0 Å². The first kappa shape index (κ1) is 14.9. The number of nitrogens with two attached hydrogens (primary N) is 1. The van der Waals surface area contributed by atoms with Crippen LogP contribution in [0.5, 0.6) is 0 Å². The number of nitrogens with zero attached hydrogens (tertiary/aromatic N) is 1. The van der Waals surface area contributed by atoms with Crippen LogP contribution in [-0.2, 0) is 0 Å². The van der Waals surface area contributed by atoms with Crippen molar-refractivity contribution in [3.8, 4) is 0 Å². The minimum atomic E-state index is -0.0834. The molecule has 20 heavy (non-hydrogen) atoms. The lowest BCUT2D eigenvalue weighted by atomic mass is 9.82. The standard InChI is InChI=1S/C16H25N3O/c1-16(10-6-3-7-11-16)18-12-14(15(17)19-20)13-8-4-2-5-9-13/h2,4-5,8-9,14,18,20H,3,6-7,10-12H2,1H3,(H2,17,19). The Hall–Kier alpha value is -1.55. The van der Waals surface area contributed by atoms with E-state index in [9.17, 15) is 0 Å². The maximum absolute atomic E-state index is 9.00. The maximum atomic E-state index is 9.00. The van der Waals surface area contributed by atoms with Crippen molar-refractivity contribution in [1.82, 2.24) is 5.32 Å². The number of hydrogen-bond donors (Lipinski definition) is 3. The first-order valence-corrected chi connectivity index (χ1v) is 7.42. The number of benzene rings is 1. The first-order chi connectivity index (χ1) is 9.64. The Morgan fingerprint density at radius 3 is 2.55 bits per heavy atom. The van der Waals surface area contributed by atoms with Crippen molar-refractivity contribution in [2.45, 2.75) is 50.5 Å². The summed E-state index contributed by atoms with van der Waals surface area (Å²) in [5.74, 6) is 0.183. The van der Waals surface area contributed by atoms with Gasteiger partial charge in [-0.15, -0.1) is 0 Å². The number of amidine groups is 1. The van der Waals surface area contributed by atoms with Crippen molar-refractivity contribution in [3.05, 3.63) is 35.9 Å². The van der Waals surface area contributed by atoms with Crippen LogP contribution < -0.4 is 11.1 Å². The highest BCUT2D eigenvalue weighted by Crippen LogP contribution is 2.28. The molecule has 1 aromatic rings. The molecule has 1 saturated carbocycles. The zero-order valence-corrected chi connectivity index (χ0v) is 12.2. The Morgan fingerprint density at radius 2 is 1.95 bits per heavy atom. The van der Waals surface area contributed by atoms with Crippen LogP contribution in [0.25, 0.3) is 0 Å². The molecule has 4 heteroatoms. The molecule has 1 aliphatic carbocycles. The Labute approximate surface area is 121 Å². The molecule has 1 atom stereocenters. The lowest BCUT2D eigenvalue weighted by molar-refractivity contribution is 0.253. The molecule has 0 aliphatic heterocycles. The van der Waals surface area contributed by atoms with Crippen molar-refractivity contribution in [2.75, 3.05) is 6.54 Å². The summed E-state index contributed by atoms with van der Waals surface area (Å²) in [5.41, 5.74) is 7.13. The van der Waals surface area contributed by atoms with Crippen molar-refractivity contribution in [2.24, 2.45) is 10.9 Å². The summed E-state index contributed by atoms with van der Waals surface area (Å²) >= 11 is 0. The Morgan fingerprint density at radius 1 is 1.30 bits per heavy atom. The average molecular weight is 275 g/mol. The third kappa shape index (κ3) is 3.73. The number of hydrogen-bond acceptors (Lipinski definition) is 3. The van der Waals surface area contributed by atoms with Gasteiger partial charge in [0, 0.05) is 12.1 Å². The van der Waals surface area contributed by atoms with Crippen molar-refractivity contribution >= 4 is 5.84 Å². The van der Waals surface area contributed by atoms with E-state index in [0.29, 0.717) is 6.54 Å². The molecule has 0 amide bonds. The van der Waals surface area contributed by atoms with Gasteiger partial charge in [0.2, 0.25) is 0 Å². The van der Waals surface area contributed by atoms with E-state index in [4.69, 9.17) is 10.9 Å². The van der Waals surface area contributed by atoms with Crippen LogP contribution >= 0.6 is 0 Å². The fraction of sp³-hybridized carbons (Fsp3) is 0.562. The summed E-state index contributed by atoms with van der Waals surface area (Å²) in [7, 11) is 0. The highest BCUT2D eigenvalue weighted by atomic mass is 16.4. The molecule has 0 heterocycles. The summed E-state index contributed by atoms with van der Waals surface area (Å²) in [6, 6.07) is 9.98. The normalized spacial score (nSPS) is 20.6. The topological polar surface area (TPSA) is 70.6 Å². The molecular weight excluding hydrogens is 250 g/mol. The molecule has 1 aliphatic rings. The highest BCUT2D eigenvalue weighted by molar-refractivity contribution is 5.87. The van der Waals surface area contributed by atoms with Gasteiger partial charge in [0.15, 0.2) is 0 Å². The van der Waals surface area contributed by atoms with Crippen molar-refractivity contribution in [1.29, 1.82) is 0 Å². The predicted octanol–water partition coefficient (Wildman–Crippen LogP) is 2.83. The van der Waals surface area contributed by atoms with E-state index in [2.05, 4.69) is 17.4 Å². The first-order valence-electron chi connectivity index (χ1n) is 7.42. The summed E-state index contributed by atoms with van der Waals surface area (Å²) in [4.78, 5) is 0. The molecule has 4 N–H and O–H groups in total. The summed E-state index contributed by atoms with van der Waals surface area (Å²) in [6.07, 6.45) is 6.29. The number of oxime groups is 1. The van der Waals surface area contributed by atoms with E-state index in [1.54, 1.807) is 0 Å². The van der Waals surface area contributed by atoms with E-state index in [1.165, 1.54) is 32.1 Å². The maximum Gasteiger partial charge on any atom is 0.147 e. The smallest absolute Gasteiger partial charge is 0.147 e. The fourth-order valence-electron chi connectivity index (χ4n) is 3.01. The van der Waals surface area contributed by atoms with Gasteiger partial charge in [-0.25, -0.2) is 0 Å². The van der Waals surface area contributed by atoms with Gasteiger partial charge in [-0.05, 0) is 25.3 Å². The van der Waals surface area contributed by atoms with Gasteiger partial charge in [-0.3, -0.25) is 0 Å². The minimum absolute atomic E-state index is 0.0834. The van der Waals surface area contributed by atoms with E-state index in [-0.39, 0.29) is 17.3 Å². The van der Waals surface area contributed by atoms with Gasteiger partial charge in [-0.1, -0.05) is 54.8 Å². The van der Waals surface area contributed by atoms with E-state index < -0.39 is 0 Å². The molecule has 1 unspecified atom stereocenters. The lowest BCUT2D eigenvalue weighted by Crippen LogP contribution is -2.47. The molecule has 1 aromatic carbocycles. The van der Waals surface area contributed by atoms with Crippen LogP contribution in [-0.4, -0.2) is 23.1 Å². The number of rotatable bonds is 5. The zero-order chi connectivity index (χ0) is 14.4. The van der Waals surface area contributed by atoms with Crippen LogP contribution in [0, 0.1) is 0 Å². The third-order valence-electron chi connectivity index (χ3n) is 4.36. The van der Waals surface area contributed by atoms with Gasteiger partial charge in [0.05, 0.1) is 5.92 Å². The minimum Gasteiger partial charge on any atom is -0.409 e. The molecule has 2 rings (SSSR count). The van der Waals surface area contributed by atoms with Gasteiger partial charge in [0.1, 0.15) is 5.84 Å². The van der Waals surface area contributed by atoms with E-state index >= 15 is 0 Å². The third-order valence-corrected chi connectivity index (χ3v) is 4.36. The quantitative estimate of drug-likeness (QED) is 0.335. The molecule has 110 valence electrons. The van der Waals surface area contributed by atoms with Gasteiger partial charge < -0.3 is 16.3 Å². The number of nitrogens with one attached hydrogen (secondary N) is 1. The van der Waals surface area contributed by atoms with Crippen LogP contribution in [0.3, 0.4) is 0 Å². The molecule has 0 radical (unpaired) electrons. The SMILES string of the molecule is CC1(NCC(C(N)=NO)c2ccccc2)CCCCC1. The molecule has 0 aromatic heterocycles. The van der Waals surface area contributed by atoms with Gasteiger partial charge in [-0.2, -0.15) is 0 Å². The highest BCUT2D eigenvalue weighted by Gasteiger charge is 2.28. The van der Waals surface area contributed by atoms with E-state index in [1.807, 2.05) is 30.3 Å². The van der Waals surface area contributed by atoms with Crippen molar-refractivity contribution in [3.63, 3.8) is 0 Å². The second-order valence-electron chi connectivity index (χ2n) is 5.99. The summed E-state index contributed by atoms with van der Waals surface area (Å²) in [6.45, 7) is 2.98.